The van der Waals surface area contributed by atoms with Crippen molar-refractivity contribution < 1.29 is 9.32 Å². The van der Waals surface area contributed by atoms with Crippen LogP contribution >= 0.6 is 0 Å². The maximum absolute atomic E-state index is 12.8. The van der Waals surface area contributed by atoms with E-state index in [4.69, 9.17) is 4.52 Å². The van der Waals surface area contributed by atoms with E-state index in [1.807, 2.05) is 36.6 Å². The van der Waals surface area contributed by atoms with Gasteiger partial charge in [-0.25, -0.2) is 9.97 Å². The Morgan fingerprint density at radius 2 is 2.00 bits per heavy atom. The van der Waals surface area contributed by atoms with E-state index in [1.165, 1.54) is 5.56 Å². The molecular weight excluding hydrogens is 380 g/mol. The summed E-state index contributed by atoms with van der Waals surface area (Å²) in [5.74, 6) is 1.28. The summed E-state index contributed by atoms with van der Waals surface area (Å²) in [4.78, 5) is 27.7. The minimum Gasteiger partial charge on any atom is -0.341 e. The van der Waals surface area contributed by atoms with Gasteiger partial charge >= 0.3 is 0 Å². The molecule has 0 saturated heterocycles. The molecule has 0 aliphatic rings. The smallest absolute Gasteiger partial charge is 0.255 e. The molecule has 8 heteroatoms. The summed E-state index contributed by atoms with van der Waals surface area (Å²) in [6.07, 6.45) is 3.89. The van der Waals surface area contributed by atoms with E-state index in [0.29, 0.717) is 42.3 Å². The highest BCUT2D eigenvalue weighted by Crippen LogP contribution is 2.16. The van der Waals surface area contributed by atoms with E-state index in [2.05, 4.69) is 32.2 Å². The Bertz CT molecular complexity index is 1150. The van der Waals surface area contributed by atoms with Gasteiger partial charge in [-0.2, -0.15) is 4.98 Å². The van der Waals surface area contributed by atoms with Crippen LogP contribution in [0.25, 0.3) is 11.2 Å². The molecule has 0 aliphatic carbocycles. The van der Waals surface area contributed by atoms with E-state index < -0.39 is 0 Å². The van der Waals surface area contributed by atoms with E-state index in [-0.39, 0.29) is 11.8 Å². The average molecular weight is 404 g/mol. The molecule has 4 rings (SSSR count). The quantitative estimate of drug-likeness (QED) is 0.469. The van der Waals surface area contributed by atoms with E-state index >= 15 is 0 Å². The second kappa shape index (κ2) is 8.44. The molecule has 3 heterocycles. The number of aromatic nitrogens is 5. The first-order valence-electron chi connectivity index (χ1n) is 9.94. The van der Waals surface area contributed by atoms with Crippen LogP contribution in [0.5, 0.6) is 0 Å². The number of imidazole rings is 1. The first-order valence-corrected chi connectivity index (χ1v) is 9.94. The Morgan fingerprint density at radius 1 is 1.20 bits per heavy atom. The number of nitrogens with zero attached hydrogens (tertiary/aromatic N) is 6. The highest BCUT2D eigenvalue weighted by atomic mass is 16.5. The Morgan fingerprint density at radius 3 is 2.73 bits per heavy atom. The van der Waals surface area contributed by atoms with Crippen LogP contribution in [0.1, 0.15) is 47.4 Å². The fraction of sp³-hybridized carbons (Fsp3) is 0.318. The third-order valence-corrected chi connectivity index (χ3v) is 4.89. The molecule has 0 spiro atoms. The SMILES string of the molecule is CC(C)c1nc(CCN(C)C(=O)c2cnc3c(c2)ncn3Cc2ccccc2)no1. The lowest BCUT2D eigenvalue weighted by Gasteiger charge is -2.16. The van der Waals surface area contributed by atoms with Gasteiger partial charge in [0, 0.05) is 32.1 Å². The Hall–Kier alpha value is -3.55. The van der Waals surface area contributed by atoms with Gasteiger partial charge in [-0.1, -0.05) is 49.3 Å². The Balaban J connectivity index is 1.43. The van der Waals surface area contributed by atoms with Crippen LogP contribution in [0.2, 0.25) is 0 Å². The summed E-state index contributed by atoms with van der Waals surface area (Å²) in [5.41, 5.74) is 3.13. The Labute approximate surface area is 174 Å². The summed E-state index contributed by atoms with van der Waals surface area (Å²) in [6.45, 7) is 5.16. The number of hydrogen-bond donors (Lipinski definition) is 0. The van der Waals surface area contributed by atoms with Crippen molar-refractivity contribution in [2.75, 3.05) is 13.6 Å². The van der Waals surface area contributed by atoms with Gasteiger partial charge in [0.15, 0.2) is 11.5 Å². The number of fused-ring (bicyclic) bond motifs is 1. The third kappa shape index (κ3) is 4.22. The monoisotopic (exact) mass is 404 g/mol. The summed E-state index contributed by atoms with van der Waals surface area (Å²) < 4.78 is 7.19. The van der Waals surface area contributed by atoms with E-state index in [0.717, 1.165) is 5.65 Å². The van der Waals surface area contributed by atoms with Gasteiger partial charge in [0.1, 0.15) is 5.52 Å². The summed E-state index contributed by atoms with van der Waals surface area (Å²) in [5, 5.41) is 3.97. The molecule has 154 valence electrons. The van der Waals surface area contributed by atoms with Gasteiger partial charge in [0.25, 0.3) is 5.91 Å². The molecule has 0 N–H and O–H groups in total. The molecule has 0 radical (unpaired) electrons. The normalized spacial score (nSPS) is 11.3. The maximum atomic E-state index is 12.8. The highest BCUT2D eigenvalue weighted by molar-refractivity contribution is 5.96. The van der Waals surface area contributed by atoms with Crippen LogP contribution in [0, 0.1) is 0 Å². The number of rotatable bonds is 7. The van der Waals surface area contributed by atoms with Crippen LogP contribution in [0.15, 0.2) is 53.4 Å². The lowest BCUT2D eigenvalue weighted by Crippen LogP contribution is -2.29. The molecule has 4 aromatic rings. The summed E-state index contributed by atoms with van der Waals surface area (Å²) in [6, 6.07) is 11.9. The molecule has 1 amide bonds. The lowest BCUT2D eigenvalue weighted by atomic mass is 10.2. The van der Waals surface area contributed by atoms with Crippen molar-refractivity contribution >= 4 is 17.1 Å². The van der Waals surface area contributed by atoms with Crippen LogP contribution < -0.4 is 0 Å². The maximum Gasteiger partial charge on any atom is 0.255 e. The molecule has 0 unspecified atom stereocenters. The minimum atomic E-state index is -0.116. The number of benzene rings is 1. The number of hydrogen-bond acceptors (Lipinski definition) is 6. The van der Waals surface area contributed by atoms with Gasteiger partial charge in [-0.05, 0) is 11.6 Å². The van der Waals surface area contributed by atoms with Crippen molar-refractivity contribution in [3.63, 3.8) is 0 Å². The van der Waals surface area contributed by atoms with E-state index in [9.17, 15) is 4.79 Å². The van der Waals surface area contributed by atoms with Crippen molar-refractivity contribution in [3.8, 4) is 0 Å². The number of carbonyl (C=O) groups excluding carboxylic acids is 1. The molecule has 8 nitrogen and oxygen atoms in total. The van der Waals surface area contributed by atoms with Crippen molar-refractivity contribution in [2.24, 2.45) is 0 Å². The molecule has 3 aromatic heterocycles. The van der Waals surface area contributed by atoms with Gasteiger partial charge in [-0.15, -0.1) is 0 Å². The second-order valence-corrected chi connectivity index (χ2v) is 7.61. The third-order valence-electron chi connectivity index (χ3n) is 4.89. The van der Waals surface area contributed by atoms with E-state index in [1.54, 1.807) is 30.5 Å². The molecular formula is C22H24N6O2. The summed E-state index contributed by atoms with van der Waals surface area (Å²) >= 11 is 0. The number of amides is 1. The molecule has 0 saturated carbocycles. The Kier molecular flexibility index (Phi) is 5.56. The molecule has 0 fully saturated rings. The van der Waals surface area contributed by atoms with Crippen LogP contribution in [-0.2, 0) is 13.0 Å². The highest BCUT2D eigenvalue weighted by Gasteiger charge is 2.16. The van der Waals surface area contributed by atoms with Crippen molar-refractivity contribution in [3.05, 3.63) is 71.8 Å². The number of pyridine rings is 1. The molecule has 0 bridgehead atoms. The molecule has 30 heavy (non-hydrogen) atoms. The fourth-order valence-electron chi connectivity index (χ4n) is 3.15. The number of likely N-dealkylation sites (N-methyl/N-ethyl adjacent to an activating group) is 1. The van der Waals surface area contributed by atoms with Gasteiger partial charge in [0.2, 0.25) is 5.89 Å². The largest absolute Gasteiger partial charge is 0.341 e. The fourth-order valence-corrected chi connectivity index (χ4v) is 3.15. The number of carbonyl (C=O) groups is 1. The summed E-state index contributed by atoms with van der Waals surface area (Å²) in [7, 11) is 1.75. The average Bonchev–Trinajstić information content (AvgIpc) is 3.39. The predicted octanol–water partition coefficient (Wildman–Crippen LogP) is 3.30. The zero-order valence-corrected chi connectivity index (χ0v) is 17.3. The zero-order chi connectivity index (χ0) is 21.1. The minimum absolute atomic E-state index is 0.116. The van der Waals surface area contributed by atoms with Gasteiger partial charge < -0.3 is 14.0 Å². The van der Waals surface area contributed by atoms with Gasteiger partial charge in [0.05, 0.1) is 18.4 Å². The first-order chi connectivity index (χ1) is 14.5. The zero-order valence-electron chi connectivity index (χ0n) is 17.3. The lowest BCUT2D eigenvalue weighted by molar-refractivity contribution is 0.0795. The molecule has 0 aliphatic heterocycles. The van der Waals surface area contributed by atoms with Crippen molar-refractivity contribution in [1.29, 1.82) is 0 Å². The molecule has 1 aromatic carbocycles. The molecule has 0 atom stereocenters. The van der Waals surface area contributed by atoms with Gasteiger partial charge in [-0.3, -0.25) is 4.79 Å². The second-order valence-electron chi connectivity index (χ2n) is 7.61. The standard InChI is InChI=1S/C22H24N6O2/c1-15(2)21-25-19(26-30-21)9-10-27(3)22(29)17-11-18-20(23-12-17)28(14-24-18)13-16-7-5-4-6-8-16/h4-8,11-12,14-15H,9-10,13H2,1-3H3. The topological polar surface area (TPSA) is 89.9 Å². The van der Waals surface area contributed by atoms with Crippen LogP contribution in [0.3, 0.4) is 0 Å². The van der Waals surface area contributed by atoms with Crippen molar-refractivity contribution in [2.45, 2.75) is 32.7 Å². The van der Waals surface area contributed by atoms with Crippen molar-refractivity contribution in [1.82, 2.24) is 29.6 Å². The van der Waals surface area contributed by atoms with Crippen LogP contribution in [-0.4, -0.2) is 49.1 Å². The first kappa shape index (κ1) is 19.8. The predicted molar refractivity (Wildman–Crippen MR) is 112 cm³/mol. The van der Waals surface area contributed by atoms with Crippen LogP contribution in [0.4, 0.5) is 0 Å².